The number of nitro groups is 1. The van der Waals surface area contributed by atoms with Crippen molar-refractivity contribution >= 4 is 29.2 Å². The van der Waals surface area contributed by atoms with E-state index in [-0.39, 0.29) is 16.6 Å². The Balaban J connectivity index is 2.04. The molecule has 1 amide bonds. The maximum absolute atomic E-state index is 12.4. The number of carbonyl (C=O) groups excluding carboxylic acids is 2. The van der Waals surface area contributed by atoms with Crippen LogP contribution in [-0.2, 0) is 9.53 Å². The Bertz CT molecular complexity index is 709. The maximum Gasteiger partial charge on any atom is 0.345 e. The average Bonchev–Trinajstić information content (AvgIpc) is 2.58. The number of benzene rings is 1. The van der Waals surface area contributed by atoms with Gasteiger partial charge in [-0.1, -0.05) is 38.3 Å². The Morgan fingerprint density at radius 1 is 1.35 bits per heavy atom. The highest BCUT2D eigenvalue weighted by atomic mass is 35.5. The number of carbonyl (C=O) groups is 2. The number of rotatable bonds is 5. The molecule has 2 rings (SSSR count). The molecule has 1 fully saturated rings. The van der Waals surface area contributed by atoms with Crippen molar-refractivity contribution in [2.45, 2.75) is 52.2 Å². The van der Waals surface area contributed by atoms with Gasteiger partial charge >= 0.3 is 5.97 Å². The topological polar surface area (TPSA) is 98.5 Å². The van der Waals surface area contributed by atoms with E-state index in [1.807, 2.05) is 0 Å². The predicted octanol–water partition coefficient (Wildman–Crippen LogP) is 3.73. The SMILES string of the molecule is C[C@H]1[C@@H](NC(=O)[C@@H](C)OC(=O)c2cc(Cl)ccc2[N+](=O)[O-])CCC[C@@H]1C. The molecule has 0 spiro atoms. The Morgan fingerprint density at radius 3 is 2.69 bits per heavy atom. The maximum atomic E-state index is 12.4. The number of nitrogens with one attached hydrogen (secondary N) is 1. The van der Waals surface area contributed by atoms with Crippen molar-refractivity contribution in [3.63, 3.8) is 0 Å². The van der Waals surface area contributed by atoms with E-state index in [4.69, 9.17) is 16.3 Å². The molecule has 7 nitrogen and oxygen atoms in total. The van der Waals surface area contributed by atoms with Gasteiger partial charge < -0.3 is 10.1 Å². The van der Waals surface area contributed by atoms with Gasteiger partial charge in [0.1, 0.15) is 5.56 Å². The van der Waals surface area contributed by atoms with Crippen molar-refractivity contribution in [2.24, 2.45) is 11.8 Å². The summed E-state index contributed by atoms with van der Waals surface area (Å²) in [6.07, 6.45) is 2.00. The van der Waals surface area contributed by atoms with Gasteiger partial charge in [-0.2, -0.15) is 0 Å². The highest BCUT2D eigenvalue weighted by Gasteiger charge is 2.31. The number of nitro benzene ring substituents is 1. The number of amides is 1. The molecule has 142 valence electrons. The minimum absolute atomic E-state index is 0.0351. The molecule has 26 heavy (non-hydrogen) atoms. The molecule has 0 bridgehead atoms. The molecular weight excluding hydrogens is 360 g/mol. The monoisotopic (exact) mass is 382 g/mol. The first kappa shape index (κ1) is 20.2. The first-order chi connectivity index (χ1) is 12.2. The van der Waals surface area contributed by atoms with Gasteiger partial charge in [0.05, 0.1) is 4.92 Å². The lowest BCUT2D eigenvalue weighted by Gasteiger charge is -2.35. The third kappa shape index (κ3) is 4.72. The summed E-state index contributed by atoms with van der Waals surface area (Å²) in [5.41, 5.74) is -0.691. The molecule has 0 radical (unpaired) electrons. The first-order valence-electron chi connectivity index (χ1n) is 8.66. The van der Waals surface area contributed by atoms with Crippen molar-refractivity contribution < 1.29 is 19.2 Å². The van der Waals surface area contributed by atoms with Crippen LogP contribution in [0.3, 0.4) is 0 Å². The highest BCUT2D eigenvalue weighted by molar-refractivity contribution is 6.31. The summed E-state index contributed by atoms with van der Waals surface area (Å²) < 4.78 is 5.13. The number of halogens is 1. The van der Waals surface area contributed by atoms with Crippen LogP contribution in [0.15, 0.2) is 18.2 Å². The summed E-state index contributed by atoms with van der Waals surface area (Å²) in [5, 5.41) is 14.2. The van der Waals surface area contributed by atoms with Crippen LogP contribution in [0.1, 0.15) is 50.4 Å². The van der Waals surface area contributed by atoms with E-state index < -0.39 is 28.6 Å². The summed E-state index contributed by atoms with van der Waals surface area (Å²) in [5.74, 6) is -0.508. The van der Waals surface area contributed by atoms with E-state index in [1.165, 1.54) is 13.0 Å². The normalized spacial score (nSPS) is 23.8. The Labute approximate surface area is 157 Å². The van der Waals surface area contributed by atoms with Gasteiger partial charge in [0.2, 0.25) is 0 Å². The second kappa shape index (κ2) is 8.49. The third-order valence-electron chi connectivity index (χ3n) is 5.06. The smallest absolute Gasteiger partial charge is 0.345 e. The van der Waals surface area contributed by atoms with E-state index in [1.54, 1.807) is 0 Å². The van der Waals surface area contributed by atoms with Crippen LogP contribution in [0.4, 0.5) is 5.69 Å². The second-order valence-corrected chi connectivity index (χ2v) is 7.28. The Kier molecular flexibility index (Phi) is 6.58. The van der Waals surface area contributed by atoms with E-state index in [9.17, 15) is 19.7 Å². The van der Waals surface area contributed by atoms with Crippen molar-refractivity contribution in [1.29, 1.82) is 0 Å². The van der Waals surface area contributed by atoms with E-state index in [0.717, 1.165) is 31.4 Å². The van der Waals surface area contributed by atoms with Gasteiger partial charge in [0.15, 0.2) is 6.10 Å². The largest absolute Gasteiger partial charge is 0.449 e. The summed E-state index contributed by atoms with van der Waals surface area (Å²) in [6.45, 7) is 5.70. The third-order valence-corrected chi connectivity index (χ3v) is 5.30. The zero-order valence-corrected chi connectivity index (χ0v) is 15.8. The van der Waals surface area contributed by atoms with Crippen molar-refractivity contribution in [1.82, 2.24) is 5.32 Å². The molecule has 0 unspecified atom stereocenters. The number of ether oxygens (including phenoxy) is 1. The van der Waals surface area contributed by atoms with E-state index >= 15 is 0 Å². The van der Waals surface area contributed by atoms with Crippen LogP contribution < -0.4 is 5.32 Å². The Hall–Kier alpha value is -2.15. The fourth-order valence-electron chi connectivity index (χ4n) is 3.19. The molecule has 1 aromatic carbocycles. The zero-order chi connectivity index (χ0) is 19.4. The summed E-state index contributed by atoms with van der Waals surface area (Å²) in [7, 11) is 0. The predicted molar refractivity (Wildman–Crippen MR) is 97.1 cm³/mol. The van der Waals surface area contributed by atoms with Crippen LogP contribution in [0.2, 0.25) is 5.02 Å². The summed E-state index contributed by atoms with van der Waals surface area (Å²) in [4.78, 5) is 35.0. The molecule has 8 heteroatoms. The fraction of sp³-hybridized carbons (Fsp3) is 0.556. The van der Waals surface area contributed by atoms with Gasteiger partial charge in [-0.15, -0.1) is 0 Å². The molecule has 0 saturated heterocycles. The number of hydrogen-bond acceptors (Lipinski definition) is 5. The van der Waals surface area contributed by atoms with Gasteiger partial charge in [0.25, 0.3) is 11.6 Å². The minimum atomic E-state index is -1.06. The standard InChI is InChI=1S/C18H23ClN2O5/c1-10-5-4-6-15(11(10)2)20-17(22)12(3)26-18(23)14-9-13(19)7-8-16(14)21(24)25/h7-12,15H,4-6H2,1-3H3,(H,20,22)/t10-,11+,12+,15-/m0/s1. The van der Waals surface area contributed by atoms with Crippen LogP contribution in [0.25, 0.3) is 0 Å². The molecule has 1 aromatic rings. The Morgan fingerprint density at radius 2 is 2.04 bits per heavy atom. The molecule has 1 saturated carbocycles. The molecule has 1 N–H and O–H groups in total. The molecule has 0 aromatic heterocycles. The fourth-order valence-corrected chi connectivity index (χ4v) is 3.37. The number of esters is 1. The lowest BCUT2D eigenvalue weighted by atomic mass is 9.78. The molecular formula is C18H23ClN2O5. The van der Waals surface area contributed by atoms with Crippen molar-refractivity contribution in [2.75, 3.05) is 0 Å². The lowest BCUT2D eigenvalue weighted by molar-refractivity contribution is -0.385. The molecule has 1 aliphatic rings. The van der Waals surface area contributed by atoms with Crippen LogP contribution >= 0.6 is 11.6 Å². The number of nitrogens with zero attached hydrogens (tertiary/aromatic N) is 1. The van der Waals surface area contributed by atoms with Crippen molar-refractivity contribution in [3.8, 4) is 0 Å². The number of hydrogen-bond donors (Lipinski definition) is 1. The molecule has 0 heterocycles. The van der Waals surface area contributed by atoms with Crippen LogP contribution in [-0.4, -0.2) is 28.9 Å². The minimum Gasteiger partial charge on any atom is -0.449 e. The van der Waals surface area contributed by atoms with Gasteiger partial charge in [0, 0.05) is 17.1 Å². The van der Waals surface area contributed by atoms with Gasteiger partial charge in [-0.3, -0.25) is 14.9 Å². The lowest BCUT2D eigenvalue weighted by Crippen LogP contribution is -2.47. The summed E-state index contributed by atoms with van der Waals surface area (Å²) in [6, 6.07) is 3.65. The zero-order valence-electron chi connectivity index (χ0n) is 15.0. The van der Waals surface area contributed by atoms with E-state index in [0.29, 0.717) is 11.8 Å². The van der Waals surface area contributed by atoms with Crippen LogP contribution in [0, 0.1) is 22.0 Å². The van der Waals surface area contributed by atoms with Crippen LogP contribution in [0.5, 0.6) is 0 Å². The van der Waals surface area contributed by atoms with E-state index in [2.05, 4.69) is 19.2 Å². The van der Waals surface area contributed by atoms with Gasteiger partial charge in [-0.05, 0) is 37.3 Å². The first-order valence-corrected chi connectivity index (χ1v) is 9.03. The molecule has 4 atom stereocenters. The summed E-state index contributed by atoms with van der Waals surface area (Å²) >= 11 is 5.81. The average molecular weight is 383 g/mol. The van der Waals surface area contributed by atoms with Crippen molar-refractivity contribution in [3.05, 3.63) is 38.9 Å². The highest BCUT2D eigenvalue weighted by Crippen LogP contribution is 2.29. The molecule has 1 aliphatic carbocycles. The van der Waals surface area contributed by atoms with Gasteiger partial charge in [-0.25, -0.2) is 4.79 Å². The molecule has 0 aliphatic heterocycles. The second-order valence-electron chi connectivity index (χ2n) is 6.85. The quantitative estimate of drug-likeness (QED) is 0.475.